The number of aromatic nitrogens is 8. The summed E-state index contributed by atoms with van der Waals surface area (Å²) in [6, 6.07) is 26.1. The van der Waals surface area contributed by atoms with E-state index in [-0.39, 0.29) is 0 Å². The Morgan fingerprint density at radius 3 is 1.59 bits per heavy atom. The number of nitrogens with one attached hydrogen (secondary N) is 2. The van der Waals surface area contributed by atoms with E-state index < -0.39 is 0 Å². The van der Waals surface area contributed by atoms with Gasteiger partial charge in [0, 0.05) is 5.39 Å². The van der Waals surface area contributed by atoms with E-state index in [2.05, 4.69) is 30.5 Å². The Morgan fingerprint density at radius 2 is 1.05 bits per heavy atom. The third kappa shape index (κ3) is 4.22. The van der Waals surface area contributed by atoms with Gasteiger partial charge in [-0.1, -0.05) is 24.3 Å². The van der Waals surface area contributed by atoms with Crippen LogP contribution in [0.3, 0.4) is 0 Å². The fourth-order valence-electron chi connectivity index (χ4n) is 5.16. The molecule has 5 heterocycles. The Morgan fingerprint density at radius 1 is 0.561 bits per heavy atom. The third-order valence-corrected chi connectivity index (χ3v) is 8.24. The molecule has 3 aromatic heterocycles. The van der Waals surface area contributed by atoms with Crippen LogP contribution in [-0.2, 0) is 10.8 Å². The maximum atomic E-state index is 5.01. The fourth-order valence-corrected chi connectivity index (χ4v) is 5.87. The quantitative estimate of drug-likeness (QED) is 0.150. The van der Waals surface area contributed by atoms with Crippen molar-refractivity contribution in [3.8, 4) is 45.6 Å². The number of fused-ring (bicyclic) bond motifs is 17. The number of nitrogens with zero attached hydrogens (tertiary/aromatic N) is 6. The Kier molecular flexibility index (Phi) is 5.89. The van der Waals surface area contributed by atoms with Gasteiger partial charge in [0.05, 0.1) is 0 Å². The van der Waals surface area contributed by atoms with Crippen LogP contribution in [-0.4, -0.2) is 44.9 Å². The molecule has 6 aromatic rings. The summed E-state index contributed by atoms with van der Waals surface area (Å²) in [5, 5.41) is 1.90. The predicted molar refractivity (Wildman–Crippen MR) is 168 cm³/mol. The molecular weight excluding hydrogens is 670 g/mol. The van der Waals surface area contributed by atoms with Gasteiger partial charge in [-0.3, -0.25) is 0 Å². The zero-order valence-electron chi connectivity index (χ0n) is 21.1. The second kappa shape index (κ2) is 9.90. The van der Waals surface area contributed by atoms with E-state index in [1.54, 1.807) is 0 Å². The van der Waals surface area contributed by atoms with Crippen molar-refractivity contribution < 1.29 is 10.8 Å². The first-order valence-electron chi connectivity index (χ1n) is 12.8. The summed E-state index contributed by atoms with van der Waals surface area (Å²) < 4.78 is 0. The molecule has 3 aromatic carbocycles. The zero-order valence-corrected chi connectivity index (χ0v) is 24.3. The molecule has 0 saturated carbocycles. The van der Waals surface area contributed by atoms with Gasteiger partial charge in [0.25, 0.3) is 0 Å². The van der Waals surface area contributed by atoms with Crippen molar-refractivity contribution in [2.24, 2.45) is 0 Å². The predicted octanol–water partition coefficient (Wildman–Crippen LogP) is 6.96. The summed E-state index contributed by atoms with van der Waals surface area (Å²) >= 11 is 2.26. The molecule has 8 rings (SSSR count). The number of rotatable bonds is 2. The standard InChI is InChI=1S/C31H18N8.HI.Ni/c1-2-9-17-16-24-32-25(17)34-27-20-12-5-6-13-21(20)29(36-27)38-31-23-15-8-7-14-22(23)30(39-31)37-28-19-11-4-3-10-18(19)26(33-24)35-28;;/h1-16H,(H2,32,33,34,35,36,37,38,39);1H;/q;;+1/p-1/b9-2-;;. The van der Waals surface area contributed by atoms with Gasteiger partial charge in [-0.05, 0) is 0 Å². The molecule has 0 atom stereocenters. The summed E-state index contributed by atoms with van der Waals surface area (Å²) in [6.07, 6.45) is 4.01. The Balaban J connectivity index is 1.54. The Labute approximate surface area is 250 Å². The van der Waals surface area contributed by atoms with Gasteiger partial charge in [0.15, 0.2) is 0 Å². The molecule has 0 radical (unpaired) electrons. The van der Waals surface area contributed by atoms with Crippen molar-refractivity contribution in [3.05, 3.63) is 90.5 Å². The van der Waals surface area contributed by atoms with E-state index in [0.717, 1.165) is 38.6 Å². The summed E-state index contributed by atoms with van der Waals surface area (Å²) in [5.41, 5.74) is 7.24. The summed E-state index contributed by atoms with van der Waals surface area (Å²) in [5.74, 6) is 2.36. The van der Waals surface area contributed by atoms with Crippen molar-refractivity contribution in [1.82, 2.24) is 39.9 Å². The molecule has 10 heteroatoms. The third-order valence-electron chi connectivity index (χ3n) is 6.98. The summed E-state index contributed by atoms with van der Waals surface area (Å²) in [7, 11) is 1.43. The molecule has 2 aliphatic rings. The van der Waals surface area contributed by atoms with E-state index in [4.69, 9.17) is 29.9 Å². The van der Waals surface area contributed by atoms with Crippen molar-refractivity contribution >= 4 is 64.9 Å². The molecule has 41 heavy (non-hydrogen) atoms. The van der Waals surface area contributed by atoms with Gasteiger partial charge in [-0.15, -0.1) is 0 Å². The molecule has 0 fully saturated rings. The number of hydrogen-bond acceptors (Lipinski definition) is 6. The van der Waals surface area contributed by atoms with Crippen LogP contribution in [0.5, 0.6) is 0 Å². The number of hydrogen-bond donors (Lipinski definition) is 2. The first-order chi connectivity index (χ1) is 20.2. The molecule has 8 nitrogen and oxygen atoms in total. The van der Waals surface area contributed by atoms with E-state index in [1.807, 2.05) is 96.0 Å². The number of aromatic amines is 2. The molecule has 0 aliphatic carbocycles. The minimum atomic E-state index is 0.586. The van der Waals surface area contributed by atoms with E-state index in [0.29, 0.717) is 45.9 Å². The van der Waals surface area contributed by atoms with E-state index >= 15 is 0 Å². The van der Waals surface area contributed by atoms with Gasteiger partial charge in [-0.2, -0.15) is 0 Å². The van der Waals surface area contributed by atoms with Crippen molar-refractivity contribution in [2.45, 2.75) is 0 Å². The van der Waals surface area contributed by atoms with Gasteiger partial charge < -0.3 is 0 Å². The first kappa shape index (κ1) is 24.4. The second-order valence-corrected chi connectivity index (χ2v) is 11.6. The summed E-state index contributed by atoms with van der Waals surface area (Å²) in [4.78, 5) is 38.6. The van der Waals surface area contributed by atoms with Gasteiger partial charge >= 0.3 is 222 Å². The van der Waals surface area contributed by atoms with Crippen LogP contribution in [0.2, 0.25) is 0 Å². The number of allylic oxidation sites excluding steroid dienone is 1. The van der Waals surface area contributed by atoms with Crippen molar-refractivity contribution in [2.75, 3.05) is 0 Å². The Hall–Kier alpha value is -4.41. The average molecular weight is 688 g/mol. The van der Waals surface area contributed by atoms with Crippen LogP contribution < -0.4 is 0 Å². The molecule has 199 valence electrons. The van der Waals surface area contributed by atoms with E-state index in [1.165, 1.54) is 10.8 Å². The average Bonchev–Trinajstić information content (AvgIpc) is 3.74. The van der Waals surface area contributed by atoms with E-state index in [9.17, 15) is 0 Å². The molecular formula is C31H18IN8Ni. The van der Waals surface area contributed by atoms with Crippen LogP contribution in [0.4, 0.5) is 0 Å². The fraction of sp³-hybridized carbons (Fsp3) is 0. The van der Waals surface area contributed by atoms with Gasteiger partial charge in [-0.25, -0.2) is 0 Å². The van der Waals surface area contributed by atoms with Crippen LogP contribution in [0, 0.1) is 0 Å². The van der Waals surface area contributed by atoms with Gasteiger partial charge in [0.1, 0.15) is 0 Å². The molecule has 8 bridgehead atoms. The SMILES string of the molecule is [I][Ni]=[CH]/C=C\c1cc2nc3nc(nc4[nH]c(nc5nc(nc1[nH]2)-c1ccccc1-5)c1ccccc41)-c1ccccc1-3. The topological polar surface area (TPSA) is 109 Å². The second-order valence-electron chi connectivity index (χ2n) is 9.42. The van der Waals surface area contributed by atoms with Gasteiger partial charge in [0.2, 0.25) is 0 Å². The zero-order chi connectivity index (χ0) is 27.3. The molecule has 0 unspecified atom stereocenters. The van der Waals surface area contributed by atoms with Crippen LogP contribution >= 0.6 is 20.5 Å². The molecule has 2 aliphatic heterocycles. The van der Waals surface area contributed by atoms with Crippen LogP contribution in [0.1, 0.15) is 5.56 Å². The summed E-state index contributed by atoms with van der Waals surface area (Å²) in [6.45, 7) is 0. The molecule has 2 N–H and O–H groups in total. The molecule has 0 spiro atoms. The molecule has 0 saturated heterocycles. The van der Waals surface area contributed by atoms with Crippen molar-refractivity contribution in [1.29, 1.82) is 0 Å². The number of H-pyrrole nitrogens is 2. The number of benzene rings is 3. The Bertz CT molecular complexity index is 2250. The minimum absolute atomic E-state index is 0.586. The maximum absolute atomic E-state index is 5.01. The molecule has 0 amide bonds. The van der Waals surface area contributed by atoms with Crippen LogP contribution in [0.15, 0.2) is 84.9 Å². The number of halogens is 1. The first-order valence-corrected chi connectivity index (χ1v) is 16.5. The van der Waals surface area contributed by atoms with Crippen molar-refractivity contribution in [3.63, 3.8) is 0 Å². The monoisotopic (exact) mass is 687 g/mol. The van der Waals surface area contributed by atoms with Crippen LogP contribution in [0.25, 0.3) is 85.0 Å². The normalized spacial score (nSPS) is 12.7.